The van der Waals surface area contributed by atoms with Crippen molar-refractivity contribution in [2.45, 2.75) is 31.4 Å². The molecule has 42 heavy (non-hydrogen) atoms. The number of nitrogens with zero attached hydrogens (tertiary/aromatic N) is 1. The maximum atomic E-state index is 13.3. The number of aryl methyl sites for hydroxylation is 2. The lowest BCUT2D eigenvalue weighted by Gasteiger charge is -2.34. The van der Waals surface area contributed by atoms with Crippen LogP contribution < -0.4 is 24.4 Å². The summed E-state index contributed by atoms with van der Waals surface area (Å²) in [4.78, 5) is 27.7. The van der Waals surface area contributed by atoms with Crippen LogP contribution in [0, 0.1) is 13.8 Å². The zero-order chi connectivity index (χ0) is 29.7. The van der Waals surface area contributed by atoms with E-state index in [0.29, 0.717) is 29.4 Å². The summed E-state index contributed by atoms with van der Waals surface area (Å²) < 4.78 is 39.9. The molecule has 1 heterocycles. The van der Waals surface area contributed by atoms with Crippen LogP contribution in [-0.2, 0) is 26.2 Å². The second kappa shape index (κ2) is 12.4. The van der Waals surface area contributed by atoms with Crippen molar-refractivity contribution in [2.75, 3.05) is 22.8 Å². The van der Waals surface area contributed by atoms with Crippen molar-refractivity contribution in [3.63, 3.8) is 0 Å². The summed E-state index contributed by atoms with van der Waals surface area (Å²) in [5.41, 5.74) is 4.00. The van der Waals surface area contributed by atoms with E-state index in [1.54, 1.807) is 36.4 Å². The summed E-state index contributed by atoms with van der Waals surface area (Å²) in [6, 6.07) is 27.7. The number of para-hydroxylation sites is 2. The molecule has 4 aromatic carbocycles. The Hall–Kier alpha value is -4.83. The predicted molar refractivity (Wildman–Crippen MR) is 160 cm³/mol. The van der Waals surface area contributed by atoms with E-state index in [1.807, 2.05) is 50.2 Å². The van der Waals surface area contributed by atoms with Gasteiger partial charge in [-0.3, -0.25) is 14.3 Å². The van der Waals surface area contributed by atoms with E-state index in [-0.39, 0.29) is 29.9 Å². The Balaban J connectivity index is 1.22. The van der Waals surface area contributed by atoms with Crippen LogP contribution in [0.3, 0.4) is 0 Å². The first kappa shape index (κ1) is 28.7. The van der Waals surface area contributed by atoms with Gasteiger partial charge < -0.3 is 19.7 Å². The molecule has 0 radical (unpaired) electrons. The van der Waals surface area contributed by atoms with Gasteiger partial charge >= 0.3 is 0 Å². The number of hydrogen-bond acceptors (Lipinski definition) is 6. The third kappa shape index (κ3) is 6.72. The standard InChI is InChI=1S/C32H31N3O6S/c1-22-12-13-25(18-23(22)2)34-42(38,39)27-16-14-26(15-17-27)40-21-31(36)35-20-30(41-29-11-7-6-10-28(29)35)32(37)33-19-24-8-4-3-5-9-24/h3-18,30,34H,19-21H2,1-2H3,(H,33,37)/t30-/m0/s1. The number of anilines is 2. The van der Waals surface area contributed by atoms with Gasteiger partial charge in [0, 0.05) is 12.2 Å². The molecule has 216 valence electrons. The molecule has 0 saturated heterocycles. The Kier molecular flexibility index (Phi) is 8.44. The average Bonchev–Trinajstić information content (AvgIpc) is 3.00. The van der Waals surface area contributed by atoms with Crippen molar-refractivity contribution in [3.8, 4) is 11.5 Å². The summed E-state index contributed by atoms with van der Waals surface area (Å²) in [6.07, 6.45) is -0.901. The van der Waals surface area contributed by atoms with Crippen molar-refractivity contribution < 1.29 is 27.5 Å². The molecule has 0 aromatic heterocycles. The molecule has 0 fully saturated rings. The summed E-state index contributed by atoms with van der Waals surface area (Å²) >= 11 is 0. The molecule has 1 aliphatic heterocycles. The molecule has 5 rings (SSSR count). The number of hydrogen-bond donors (Lipinski definition) is 2. The van der Waals surface area contributed by atoms with Gasteiger partial charge in [-0.25, -0.2) is 8.42 Å². The summed E-state index contributed by atoms with van der Waals surface area (Å²) in [6.45, 7) is 3.90. The number of carbonyl (C=O) groups excluding carboxylic acids is 2. The summed E-state index contributed by atoms with van der Waals surface area (Å²) in [5, 5.41) is 2.87. The van der Waals surface area contributed by atoms with Gasteiger partial charge in [0.1, 0.15) is 11.5 Å². The highest BCUT2D eigenvalue weighted by molar-refractivity contribution is 7.92. The number of sulfonamides is 1. The molecule has 1 aliphatic rings. The van der Waals surface area contributed by atoms with Crippen LogP contribution in [0.25, 0.3) is 0 Å². The molecular formula is C32H31N3O6S. The number of amides is 2. The monoisotopic (exact) mass is 585 g/mol. The van der Waals surface area contributed by atoms with E-state index >= 15 is 0 Å². The largest absolute Gasteiger partial charge is 0.484 e. The first-order valence-electron chi connectivity index (χ1n) is 13.4. The molecule has 2 N–H and O–H groups in total. The van der Waals surface area contributed by atoms with Crippen LogP contribution >= 0.6 is 0 Å². The molecule has 0 aliphatic carbocycles. The van der Waals surface area contributed by atoms with Crippen molar-refractivity contribution >= 4 is 33.2 Å². The fourth-order valence-electron chi connectivity index (χ4n) is 4.46. The van der Waals surface area contributed by atoms with Crippen LogP contribution in [0.1, 0.15) is 16.7 Å². The van der Waals surface area contributed by atoms with Crippen LogP contribution in [0.15, 0.2) is 102 Å². The van der Waals surface area contributed by atoms with Gasteiger partial charge in [-0.05, 0) is 79.1 Å². The zero-order valence-corrected chi connectivity index (χ0v) is 24.1. The van der Waals surface area contributed by atoms with Gasteiger partial charge in [-0.15, -0.1) is 0 Å². The molecule has 0 saturated carbocycles. The third-order valence-corrected chi connectivity index (χ3v) is 8.33. The fraction of sp³-hybridized carbons (Fsp3) is 0.188. The van der Waals surface area contributed by atoms with Gasteiger partial charge in [0.25, 0.3) is 21.8 Å². The summed E-state index contributed by atoms with van der Waals surface area (Å²) in [7, 11) is -3.81. The number of fused-ring (bicyclic) bond motifs is 1. The number of carbonyl (C=O) groups is 2. The average molecular weight is 586 g/mol. The number of benzene rings is 4. The lowest BCUT2D eigenvalue weighted by molar-refractivity contribution is -0.128. The molecule has 2 amide bonds. The molecule has 0 bridgehead atoms. The SMILES string of the molecule is Cc1ccc(NS(=O)(=O)c2ccc(OCC(=O)N3C[C@@H](C(=O)NCc4ccccc4)Oc4ccccc43)cc2)cc1C. The molecule has 0 spiro atoms. The molecule has 4 aromatic rings. The zero-order valence-electron chi connectivity index (χ0n) is 23.2. The smallest absolute Gasteiger partial charge is 0.265 e. The van der Waals surface area contributed by atoms with E-state index < -0.39 is 16.1 Å². The molecule has 1 atom stereocenters. The van der Waals surface area contributed by atoms with E-state index in [9.17, 15) is 18.0 Å². The van der Waals surface area contributed by atoms with E-state index in [1.165, 1.54) is 29.2 Å². The fourth-order valence-corrected chi connectivity index (χ4v) is 5.51. The van der Waals surface area contributed by atoms with E-state index in [0.717, 1.165) is 16.7 Å². The Labute approximate surface area is 245 Å². The summed E-state index contributed by atoms with van der Waals surface area (Å²) in [5.74, 6) is 0.0352. The van der Waals surface area contributed by atoms with Gasteiger partial charge in [-0.1, -0.05) is 48.5 Å². The maximum Gasteiger partial charge on any atom is 0.265 e. The second-order valence-corrected chi connectivity index (χ2v) is 11.6. The first-order valence-corrected chi connectivity index (χ1v) is 14.9. The lowest BCUT2D eigenvalue weighted by atomic mass is 10.1. The number of ether oxygens (including phenoxy) is 2. The number of rotatable bonds is 9. The van der Waals surface area contributed by atoms with E-state index in [4.69, 9.17) is 9.47 Å². The quantitative estimate of drug-likeness (QED) is 0.297. The predicted octanol–water partition coefficient (Wildman–Crippen LogP) is 4.59. The minimum absolute atomic E-state index is 0.0150. The molecule has 9 nitrogen and oxygen atoms in total. The topological polar surface area (TPSA) is 114 Å². The van der Waals surface area contributed by atoms with Crippen LogP contribution in [0.2, 0.25) is 0 Å². The normalized spacial score (nSPS) is 14.3. The van der Waals surface area contributed by atoms with E-state index in [2.05, 4.69) is 10.0 Å². The van der Waals surface area contributed by atoms with Gasteiger partial charge in [-0.2, -0.15) is 0 Å². The Morgan fingerprint density at radius 1 is 0.905 bits per heavy atom. The Bertz CT molecular complexity index is 1690. The maximum absolute atomic E-state index is 13.3. The highest BCUT2D eigenvalue weighted by Gasteiger charge is 2.33. The van der Waals surface area contributed by atoms with Crippen molar-refractivity contribution in [1.29, 1.82) is 0 Å². The minimum Gasteiger partial charge on any atom is -0.484 e. The van der Waals surface area contributed by atoms with Gasteiger partial charge in [0.15, 0.2) is 12.7 Å². The molecule has 10 heteroatoms. The highest BCUT2D eigenvalue weighted by atomic mass is 32.2. The molecule has 0 unspecified atom stereocenters. The van der Waals surface area contributed by atoms with Crippen LogP contribution in [0.5, 0.6) is 11.5 Å². The van der Waals surface area contributed by atoms with Crippen molar-refractivity contribution in [3.05, 3.63) is 114 Å². The van der Waals surface area contributed by atoms with Crippen molar-refractivity contribution in [2.24, 2.45) is 0 Å². The highest BCUT2D eigenvalue weighted by Crippen LogP contribution is 2.33. The Morgan fingerprint density at radius 3 is 2.36 bits per heavy atom. The van der Waals surface area contributed by atoms with Crippen LogP contribution in [-0.4, -0.2) is 39.5 Å². The van der Waals surface area contributed by atoms with Gasteiger partial charge in [0.05, 0.1) is 17.1 Å². The minimum atomic E-state index is -3.81. The van der Waals surface area contributed by atoms with Gasteiger partial charge in [0.2, 0.25) is 0 Å². The van der Waals surface area contributed by atoms with Crippen molar-refractivity contribution in [1.82, 2.24) is 5.32 Å². The lowest BCUT2D eigenvalue weighted by Crippen LogP contribution is -2.51. The van der Waals surface area contributed by atoms with Crippen LogP contribution in [0.4, 0.5) is 11.4 Å². The molecular weight excluding hydrogens is 554 g/mol. The Morgan fingerprint density at radius 2 is 1.62 bits per heavy atom. The number of nitrogens with one attached hydrogen (secondary N) is 2. The second-order valence-electron chi connectivity index (χ2n) is 9.95. The first-order chi connectivity index (χ1) is 20.2. The third-order valence-electron chi connectivity index (χ3n) is 6.93.